The second kappa shape index (κ2) is 7.46. The third-order valence-electron chi connectivity index (χ3n) is 4.49. The van der Waals surface area contributed by atoms with E-state index in [1.54, 1.807) is 0 Å². The predicted molar refractivity (Wildman–Crippen MR) is 89.7 cm³/mol. The molecule has 6 heteroatoms. The van der Waals surface area contributed by atoms with Crippen molar-refractivity contribution in [3.05, 3.63) is 24.3 Å². The summed E-state index contributed by atoms with van der Waals surface area (Å²) in [6.07, 6.45) is 3.83. The minimum absolute atomic E-state index is 0.0185. The van der Waals surface area contributed by atoms with Crippen molar-refractivity contribution in [3.63, 3.8) is 0 Å². The van der Waals surface area contributed by atoms with Gasteiger partial charge in [0.05, 0.1) is 13.1 Å². The lowest BCUT2D eigenvalue weighted by Gasteiger charge is -2.28. The maximum absolute atomic E-state index is 12.1. The molecule has 2 aliphatic heterocycles. The topological polar surface area (TPSA) is 65.9 Å². The van der Waals surface area contributed by atoms with Crippen molar-refractivity contribution < 1.29 is 14.5 Å². The van der Waals surface area contributed by atoms with Crippen LogP contribution in [0, 0.1) is 0 Å². The van der Waals surface area contributed by atoms with Gasteiger partial charge in [0.2, 0.25) is 0 Å². The van der Waals surface area contributed by atoms with Gasteiger partial charge in [0, 0.05) is 24.5 Å². The number of benzene rings is 1. The quantitative estimate of drug-likeness (QED) is 0.710. The van der Waals surface area contributed by atoms with Gasteiger partial charge in [-0.25, -0.2) is 0 Å². The highest BCUT2D eigenvalue weighted by atomic mass is 16.2. The summed E-state index contributed by atoms with van der Waals surface area (Å²) >= 11 is 0. The largest absolute Gasteiger partial charge is 0.372 e. The molecule has 0 bridgehead atoms. The van der Waals surface area contributed by atoms with E-state index in [0.717, 1.165) is 30.2 Å². The first-order chi connectivity index (χ1) is 11.2. The molecule has 0 saturated carbocycles. The Kier molecular flexibility index (Phi) is 5.12. The van der Waals surface area contributed by atoms with E-state index in [-0.39, 0.29) is 11.8 Å². The Bertz CT molecular complexity index is 552. The average molecular weight is 317 g/mol. The fourth-order valence-corrected chi connectivity index (χ4v) is 3.25. The fourth-order valence-electron chi connectivity index (χ4n) is 3.25. The Hall–Kier alpha value is -2.08. The van der Waals surface area contributed by atoms with Gasteiger partial charge in [0.15, 0.2) is 13.1 Å². The van der Waals surface area contributed by atoms with Crippen LogP contribution in [0.15, 0.2) is 24.3 Å². The number of carbonyl (C=O) groups excluding carboxylic acids is 2. The van der Waals surface area contributed by atoms with Crippen LogP contribution in [0.4, 0.5) is 11.4 Å². The smallest absolute Gasteiger partial charge is 0.279 e. The highest BCUT2D eigenvalue weighted by Gasteiger charge is 2.22. The number of anilines is 2. The number of piperazine rings is 1. The first-order valence-electron chi connectivity index (χ1n) is 8.46. The zero-order valence-electron chi connectivity index (χ0n) is 13.4. The van der Waals surface area contributed by atoms with Crippen molar-refractivity contribution in [2.75, 3.05) is 49.5 Å². The lowest BCUT2D eigenvalue weighted by atomic mass is 10.1. The fraction of sp³-hybridized carbons (Fsp3) is 0.529. The van der Waals surface area contributed by atoms with E-state index in [4.69, 9.17) is 0 Å². The van der Waals surface area contributed by atoms with Crippen molar-refractivity contribution in [1.82, 2.24) is 5.32 Å². The first kappa shape index (κ1) is 15.8. The molecule has 1 atom stereocenters. The number of hydrogen-bond acceptors (Lipinski definition) is 3. The van der Waals surface area contributed by atoms with Crippen LogP contribution < -0.4 is 20.4 Å². The molecule has 2 aliphatic rings. The molecule has 23 heavy (non-hydrogen) atoms. The molecular weight excluding hydrogens is 292 g/mol. The molecule has 3 N–H and O–H groups in total. The van der Waals surface area contributed by atoms with Gasteiger partial charge in [-0.3, -0.25) is 9.59 Å². The molecule has 1 unspecified atom stereocenters. The van der Waals surface area contributed by atoms with Crippen LogP contribution in [-0.2, 0) is 9.59 Å². The third-order valence-corrected chi connectivity index (χ3v) is 4.49. The van der Waals surface area contributed by atoms with E-state index in [0.29, 0.717) is 19.6 Å². The van der Waals surface area contributed by atoms with E-state index >= 15 is 0 Å². The highest BCUT2D eigenvalue weighted by molar-refractivity contribution is 5.91. The molecule has 0 aromatic heterocycles. The normalized spacial score (nSPS) is 21.7. The van der Waals surface area contributed by atoms with Crippen LogP contribution >= 0.6 is 0 Å². The van der Waals surface area contributed by atoms with Crippen LogP contribution in [0.3, 0.4) is 0 Å². The second-order valence-corrected chi connectivity index (χ2v) is 6.35. The van der Waals surface area contributed by atoms with Crippen molar-refractivity contribution in [1.29, 1.82) is 0 Å². The van der Waals surface area contributed by atoms with Gasteiger partial charge in [0.1, 0.15) is 0 Å². The minimum atomic E-state index is -0.0413. The summed E-state index contributed by atoms with van der Waals surface area (Å²) in [5.74, 6) is -0.0228. The maximum Gasteiger partial charge on any atom is 0.279 e. The zero-order valence-corrected chi connectivity index (χ0v) is 13.4. The van der Waals surface area contributed by atoms with Gasteiger partial charge in [0.25, 0.3) is 11.8 Å². The van der Waals surface area contributed by atoms with E-state index in [1.807, 2.05) is 12.1 Å². The molecule has 1 aromatic carbocycles. The Morgan fingerprint density at radius 3 is 2.61 bits per heavy atom. The molecule has 3 rings (SSSR count). The van der Waals surface area contributed by atoms with E-state index in [9.17, 15) is 9.59 Å². The van der Waals surface area contributed by atoms with Crippen LogP contribution in [0.5, 0.6) is 0 Å². The van der Waals surface area contributed by atoms with Crippen LogP contribution in [-0.4, -0.2) is 51.1 Å². The van der Waals surface area contributed by atoms with Gasteiger partial charge in [-0.2, -0.15) is 0 Å². The number of piperidine rings is 1. The molecule has 6 nitrogen and oxygen atoms in total. The average Bonchev–Trinajstić information content (AvgIpc) is 2.56. The van der Waals surface area contributed by atoms with Crippen molar-refractivity contribution in [2.45, 2.75) is 19.3 Å². The molecule has 2 saturated heterocycles. The molecule has 1 aromatic rings. The van der Waals surface area contributed by atoms with Crippen LogP contribution in [0.25, 0.3) is 0 Å². The first-order valence-corrected chi connectivity index (χ1v) is 8.46. The number of carbonyl (C=O) groups is 2. The van der Waals surface area contributed by atoms with E-state index in [1.165, 1.54) is 24.9 Å². The number of nitrogens with zero attached hydrogens (tertiary/aromatic N) is 1. The minimum Gasteiger partial charge on any atom is -0.372 e. The molecule has 0 aliphatic carbocycles. The SMILES string of the molecule is O=C1C[NH+](CC(=O)Nc2ccc(N3CCCCC3)cc2)CCN1. The second-order valence-electron chi connectivity index (χ2n) is 6.35. The summed E-state index contributed by atoms with van der Waals surface area (Å²) in [5.41, 5.74) is 2.04. The van der Waals surface area contributed by atoms with E-state index in [2.05, 4.69) is 27.7 Å². The highest BCUT2D eigenvalue weighted by Crippen LogP contribution is 2.21. The molecule has 2 fully saturated rings. The van der Waals surface area contributed by atoms with Gasteiger partial charge < -0.3 is 20.4 Å². The van der Waals surface area contributed by atoms with Gasteiger partial charge in [-0.15, -0.1) is 0 Å². The predicted octanol–water partition coefficient (Wildman–Crippen LogP) is -0.370. The van der Waals surface area contributed by atoms with E-state index < -0.39 is 0 Å². The zero-order chi connectivity index (χ0) is 16.1. The van der Waals surface area contributed by atoms with Gasteiger partial charge in [-0.1, -0.05) is 0 Å². The summed E-state index contributed by atoms with van der Waals surface area (Å²) in [4.78, 5) is 26.8. The number of nitrogens with one attached hydrogen (secondary N) is 3. The Morgan fingerprint density at radius 1 is 1.17 bits per heavy atom. The monoisotopic (exact) mass is 317 g/mol. The summed E-state index contributed by atoms with van der Waals surface area (Å²) in [7, 11) is 0. The Balaban J connectivity index is 1.51. The summed E-state index contributed by atoms with van der Waals surface area (Å²) in [5, 5.41) is 5.70. The molecule has 0 radical (unpaired) electrons. The van der Waals surface area contributed by atoms with Crippen LogP contribution in [0.1, 0.15) is 19.3 Å². The molecule has 0 spiro atoms. The lowest BCUT2D eigenvalue weighted by Crippen LogP contribution is -3.16. The number of hydrogen-bond donors (Lipinski definition) is 3. The Labute approximate surface area is 136 Å². The standard InChI is InChI=1S/C17H24N4O2/c22-16-12-20(11-8-18-16)13-17(23)19-14-4-6-15(7-5-14)21-9-2-1-3-10-21/h4-7H,1-3,8-13H2,(H,18,22)(H,19,23)/p+1. The van der Waals surface area contributed by atoms with Crippen molar-refractivity contribution in [3.8, 4) is 0 Å². The number of amides is 2. The molecular formula is C17H25N4O2+. The van der Waals surface area contributed by atoms with Crippen molar-refractivity contribution in [2.24, 2.45) is 0 Å². The summed E-state index contributed by atoms with van der Waals surface area (Å²) in [6.45, 7) is 4.39. The maximum atomic E-state index is 12.1. The molecule has 2 heterocycles. The van der Waals surface area contributed by atoms with Crippen molar-refractivity contribution >= 4 is 23.2 Å². The van der Waals surface area contributed by atoms with Gasteiger partial charge >= 0.3 is 0 Å². The molecule has 124 valence electrons. The lowest BCUT2D eigenvalue weighted by molar-refractivity contribution is -0.885. The summed E-state index contributed by atoms with van der Waals surface area (Å²) in [6, 6.07) is 8.06. The third kappa shape index (κ3) is 4.45. The summed E-state index contributed by atoms with van der Waals surface area (Å²) < 4.78 is 0. The van der Waals surface area contributed by atoms with Gasteiger partial charge in [-0.05, 0) is 43.5 Å². The molecule has 2 amide bonds. The number of rotatable bonds is 4. The van der Waals surface area contributed by atoms with Crippen LogP contribution in [0.2, 0.25) is 0 Å². The number of quaternary nitrogens is 1. The Morgan fingerprint density at radius 2 is 1.91 bits per heavy atom.